The molecule has 0 bridgehead atoms. The fraction of sp³-hybridized carbons (Fsp3) is 0.714. The third-order valence-electron chi connectivity index (χ3n) is 2.20. The van der Waals surface area contributed by atoms with E-state index in [0.29, 0.717) is 0 Å². The van der Waals surface area contributed by atoms with Gasteiger partial charge in [-0.2, -0.15) is 0 Å². The maximum absolute atomic E-state index is 11.7. The van der Waals surface area contributed by atoms with Crippen LogP contribution in [-0.4, -0.2) is 11.4 Å². The number of nitrogens with one attached hydrogen (secondary N) is 1. The Labute approximate surface area is 87.6 Å². The maximum atomic E-state index is 11.7. The molecule has 2 rings (SSSR count). The lowest BCUT2D eigenvalue weighted by Gasteiger charge is -2.21. The highest BCUT2D eigenvalue weighted by Gasteiger charge is 2.29. The van der Waals surface area contributed by atoms with Crippen molar-refractivity contribution in [1.29, 1.82) is 0 Å². The van der Waals surface area contributed by atoms with E-state index in [-0.39, 0.29) is 6.10 Å². The van der Waals surface area contributed by atoms with Crippen molar-refractivity contribution >= 4 is 7.67 Å². The van der Waals surface area contributed by atoms with E-state index in [9.17, 15) is 4.57 Å². The molecule has 7 nitrogen and oxygen atoms in total. The minimum Gasteiger partial charge on any atom is -0.362 e. The van der Waals surface area contributed by atoms with Crippen LogP contribution in [0.25, 0.3) is 0 Å². The predicted octanol–water partition coefficient (Wildman–Crippen LogP) is 1.17. The zero-order valence-corrected chi connectivity index (χ0v) is 9.06. The molecule has 2 aliphatic rings. The molecule has 0 aromatic heterocycles. The molecule has 1 atom stereocenters. The van der Waals surface area contributed by atoms with E-state index in [1.165, 1.54) is 12.5 Å². The van der Waals surface area contributed by atoms with Gasteiger partial charge in [-0.05, 0) is 12.8 Å². The van der Waals surface area contributed by atoms with Crippen molar-refractivity contribution in [2.75, 3.05) is 0 Å². The molecule has 0 radical (unpaired) electrons. The summed E-state index contributed by atoms with van der Waals surface area (Å²) in [6.07, 6.45) is 6.48. The van der Waals surface area contributed by atoms with Crippen LogP contribution in [0.15, 0.2) is 12.5 Å². The molecule has 3 N–H and O–H groups in total. The summed E-state index contributed by atoms with van der Waals surface area (Å²) in [6, 6.07) is 0. The smallest absolute Gasteiger partial charge is 0.357 e. The average molecular weight is 235 g/mol. The minimum atomic E-state index is -3.40. The van der Waals surface area contributed by atoms with Crippen LogP contribution in [0.4, 0.5) is 0 Å². The monoisotopic (exact) mass is 235 g/mol. The van der Waals surface area contributed by atoms with Gasteiger partial charge in [0.1, 0.15) is 5.34 Å². The molecule has 86 valence electrons. The van der Waals surface area contributed by atoms with Crippen LogP contribution in [0.2, 0.25) is 0 Å². The molecule has 1 heterocycles. The summed E-state index contributed by atoms with van der Waals surface area (Å²) in [5.74, 6) is 0. The molecule has 0 spiro atoms. The minimum absolute atomic E-state index is 0.0381. The molecule has 8 heteroatoms. The van der Waals surface area contributed by atoms with Gasteiger partial charge in [-0.1, -0.05) is 18.0 Å². The summed E-state index contributed by atoms with van der Waals surface area (Å²) < 4.78 is 17.0. The largest absolute Gasteiger partial charge is 0.362 e. The van der Waals surface area contributed by atoms with E-state index in [1.807, 2.05) is 0 Å². The van der Waals surface area contributed by atoms with Gasteiger partial charge in [-0.3, -0.25) is 4.57 Å². The molecular formula is C7H14N3O4P. The fourth-order valence-corrected chi connectivity index (χ4v) is 2.61. The Balaban J connectivity index is 1.80. The molecule has 0 aromatic carbocycles. The van der Waals surface area contributed by atoms with Gasteiger partial charge in [0.05, 0.1) is 6.10 Å². The van der Waals surface area contributed by atoms with E-state index >= 15 is 0 Å². The molecule has 1 saturated carbocycles. The highest BCUT2D eigenvalue weighted by atomic mass is 31.2. The van der Waals surface area contributed by atoms with Crippen LogP contribution < -0.4 is 10.7 Å². The maximum Gasteiger partial charge on any atom is 0.357 e. The van der Waals surface area contributed by atoms with E-state index in [0.717, 1.165) is 31.0 Å². The molecule has 0 saturated heterocycles. The Bertz CT molecular complexity index is 276. The number of rotatable bonds is 4. The second-order valence-corrected chi connectivity index (χ2v) is 5.05. The van der Waals surface area contributed by atoms with Crippen molar-refractivity contribution in [3.05, 3.63) is 12.5 Å². The fourth-order valence-electron chi connectivity index (χ4n) is 1.58. The quantitative estimate of drug-likeness (QED) is 0.707. The molecule has 15 heavy (non-hydrogen) atoms. The summed E-state index contributed by atoms with van der Waals surface area (Å²) in [6.45, 7) is 0. The lowest BCUT2D eigenvalue weighted by molar-refractivity contribution is -0.305. The topological polar surface area (TPSA) is 86.1 Å². The third-order valence-corrected chi connectivity index (χ3v) is 3.25. The number of nitrogens with zero attached hydrogens (tertiary/aromatic N) is 1. The van der Waals surface area contributed by atoms with Gasteiger partial charge in [0.25, 0.3) is 0 Å². The first-order valence-electron chi connectivity index (χ1n) is 4.79. The summed E-state index contributed by atoms with van der Waals surface area (Å²) in [7, 11) is -3.40. The van der Waals surface area contributed by atoms with Crippen LogP contribution in [0.1, 0.15) is 25.7 Å². The van der Waals surface area contributed by atoms with E-state index in [2.05, 4.69) is 5.20 Å². The van der Waals surface area contributed by atoms with Gasteiger partial charge in [-0.25, -0.2) is 5.50 Å². The van der Waals surface area contributed by atoms with Gasteiger partial charge < -0.3 is 14.2 Å². The summed E-state index contributed by atoms with van der Waals surface area (Å²) in [5.41, 5.74) is 5.47. The van der Waals surface area contributed by atoms with Gasteiger partial charge in [0, 0.05) is 0 Å². The highest BCUT2D eigenvalue weighted by Crippen LogP contribution is 2.39. The molecule has 1 unspecified atom stereocenters. The van der Waals surface area contributed by atoms with Crippen molar-refractivity contribution < 1.29 is 18.8 Å². The van der Waals surface area contributed by atoms with Crippen molar-refractivity contribution in [2.45, 2.75) is 31.8 Å². The standard InChI is InChI=1S/C7H14N3O4P/c8-15(11,9-10-12-5-6-13-10)14-7-3-1-2-4-7/h5-7H,1-4H2,(H3,8,9,11). The molecular weight excluding hydrogens is 221 g/mol. The first-order chi connectivity index (χ1) is 7.16. The lowest BCUT2D eigenvalue weighted by Crippen LogP contribution is -2.34. The average Bonchev–Trinajstić information content (AvgIpc) is 2.75. The van der Waals surface area contributed by atoms with Crippen molar-refractivity contribution in [2.24, 2.45) is 5.50 Å². The molecule has 0 aromatic rings. The molecule has 1 aliphatic heterocycles. The SMILES string of the molecule is NP(=O)(NN1OC=CO1)OC1CCCC1. The first-order valence-corrected chi connectivity index (χ1v) is 6.49. The number of hydrazine groups is 1. The van der Waals surface area contributed by atoms with Crippen LogP contribution in [0, 0.1) is 0 Å². The highest BCUT2D eigenvalue weighted by molar-refractivity contribution is 7.54. The number of hydrogen-bond donors (Lipinski definition) is 2. The van der Waals surface area contributed by atoms with E-state index in [4.69, 9.17) is 19.7 Å². The van der Waals surface area contributed by atoms with E-state index in [1.54, 1.807) is 0 Å². The number of hydrogen-bond acceptors (Lipinski definition) is 5. The lowest BCUT2D eigenvalue weighted by atomic mass is 10.3. The van der Waals surface area contributed by atoms with Crippen LogP contribution in [0.3, 0.4) is 0 Å². The summed E-state index contributed by atoms with van der Waals surface area (Å²) in [4.78, 5) is 9.48. The molecule has 1 fully saturated rings. The van der Waals surface area contributed by atoms with Crippen LogP contribution in [-0.2, 0) is 18.8 Å². The van der Waals surface area contributed by atoms with Crippen LogP contribution >= 0.6 is 7.67 Å². The molecule has 0 amide bonds. The van der Waals surface area contributed by atoms with Gasteiger partial charge in [0.2, 0.25) is 0 Å². The van der Waals surface area contributed by atoms with Gasteiger partial charge in [0.15, 0.2) is 12.5 Å². The second kappa shape index (κ2) is 4.51. The van der Waals surface area contributed by atoms with Crippen LogP contribution in [0.5, 0.6) is 0 Å². The Morgan fingerprint density at radius 1 is 1.40 bits per heavy atom. The van der Waals surface area contributed by atoms with Crippen molar-refractivity contribution in [3.63, 3.8) is 0 Å². The van der Waals surface area contributed by atoms with E-state index < -0.39 is 7.67 Å². The van der Waals surface area contributed by atoms with Gasteiger partial charge >= 0.3 is 7.67 Å². The Morgan fingerprint density at radius 3 is 2.60 bits per heavy atom. The Hall–Kier alpha value is -0.590. The summed E-state index contributed by atoms with van der Waals surface area (Å²) >= 11 is 0. The third kappa shape index (κ3) is 3.19. The second-order valence-electron chi connectivity index (χ2n) is 3.45. The Morgan fingerprint density at radius 2 is 2.00 bits per heavy atom. The Kier molecular flexibility index (Phi) is 3.28. The molecule has 1 aliphatic carbocycles. The normalized spacial score (nSPS) is 26.2. The van der Waals surface area contributed by atoms with Gasteiger partial charge in [-0.15, -0.1) is 0 Å². The predicted molar refractivity (Wildman–Crippen MR) is 51.4 cm³/mol. The first kappa shape index (κ1) is 10.9. The van der Waals surface area contributed by atoms with Crippen molar-refractivity contribution in [1.82, 2.24) is 10.5 Å². The number of nitrogens with two attached hydrogens (primary N) is 1. The zero-order chi connectivity index (χ0) is 10.7. The zero-order valence-electron chi connectivity index (χ0n) is 8.17. The van der Waals surface area contributed by atoms with Crippen molar-refractivity contribution in [3.8, 4) is 0 Å². The summed E-state index contributed by atoms with van der Waals surface area (Å²) in [5, 5.41) is 3.12.